The number of methoxy groups -OCH3 is 2. The molecule has 110 valence electrons. The van der Waals surface area contributed by atoms with Crippen molar-refractivity contribution in [2.45, 2.75) is 18.9 Å². The number of halogens is 1. The van der Waals surface area contributed by atoms with Gasteiger partial charge in [-0.25, -0.2) is 0 Å². The molecule has 0 aliphatic carbocycles. The van der Waals surface area contributed by atoms with Crippen LogP contribution in [0.4, 0.5) is 5.69 Å². The molecule has 3 rings (SSSR count). The Kier molecular flexibility index (Phi) is 4.06. The smallest absolute Gasteiger partial charge is 0.142 e. The molecule has 0 spiro atoms. The van der Waals surface area contributed by atoms with Gasteiger partial charge in [0.2, 0.25) is 0 Å². The van der Waals surface area contributed by atoms with E-state index in [4.69, 9.17) is 9.47 Å². The second-order valence-corrected chi connectivity index (χ2v) is 5.89. The van der Waals surface area contributed by atoms with Gasteiger partial charge in [-0.05, 0) is 52.5 Å². The average Bonchev–Trinajstić information content (AvgIpc) is 2.54. The molecule has 0 radical (unpaired) electrons. The Morgan fingerprint density at radius 3 is 2.67 bits per heavy atom. The van der Waals surface area contributed by atoms with Crippen LogP contribution in [0, 0.1) is 0 Å². The number of benzene rings is 2. The minimum absolute atomic E-state index is 0.247. The van der Waals surface area contributed by atoms with Crippen molar-refractivity contribution < 1.29 is 9.47 Å². The number of para-hydroxylation sites is 1. The number of rotatable bonds is 3. The van der Waals surface area contributed by atoms with Gasteiger partial charge in [0.05, 0.1) is 20.3 Å². The van der Waals surface area contributed by atoms with Crippen molar-refractivity contribution in [1.82, 2.24) is 0 Å². The van der Waals surface area contributed by atoms with Crippen LogP contribution >= 0.6 is 15.9 Å². The summed E-state index contributed by atoms with van der Waals surface area (Å²) in [5.41, 5.74) is 3.74. The first-order chi connectivity index (χ1) is 10.2. The highest BCUT2D eigenvalue weighted by Gasteiger charge is 2.24. The van der Waals surface area contributed by atoms with Crippen LogP contribution in [0.15, 0.2) is 40.9 Å². The van der Waals surface area contributed by atoms with Crippen molar-refractivity contribution in [3.8, 4) is 11.5 Å². The quantitative estimate of drug-likeness (QED) is 0.882. The first-order valence-corrected chi connectivity index (χ1v) is 7.78. The van der Waals surface area contributed by atoms with Crippen LogP contribution in [-0.2, 0) is 6.42 Å². The third kappa shape index (κ3) is 2.60. The maximum absolute atomic E-state index is 5.59. The second-order valence-electron chi connectivity index (χ2n) is 5.10. The minimum Gasteiger partial charge on any atom is -0.495 e. The highest BCUT2D eigenvalue weighted by Crippen LogP contribution is 2.43. The van der Waals surface area contributed by atoms with Crippen molar-refractivity contribution in [3.63, 3.8) is 0 Å². The lowest BCUT2D eigenvalue weighted by Crippen LogP contribution is -2.18. The molecule has 1 aliphatic heterocycles. The fraction of sp³-hybridized carbons (Fsp3) is 0.294. The van der Waals surface area contributed by atoms with E-state index in [9.17, 15) is 0 Å². The molecule has 0 fully saturated rings. The molecule has 0 aromatic heterocycles. The molecular formula is C17H18BrNO2. The molecule has 1 atom stereocenters. The monoisotopic (exact) mass is 347 g/mol. The lowest BCUT2D eigenvalue weighted by Gasteiger charge is -2.29. The third-order valence-corrected chi connectivity index (χ3v) is 4.69. The van der Waals surface area contributed by atoms with Gasteiger partial charge >= 0.3 is 0 Å². The summed E-state index contributed by atoms with van der Waals surface area (Å²) in [4.78, 5) is 0. The van der Waals surface area contributed by atoms with Crippen molar-refractivity contribution in [2.75, 3.05) is 19.5 Å². The molecule has 1 unspecified atom stereocenters. The van der Waals surface area contributed by atoms with Gasteiger partial charge < -0.3 is 14.8 Å². The Balaban J connectivity index is 1.97. The van der Waals surface area contributed by atoms with Gasteiger partial charge in [0.15, 0.2) is 0 Å². The number of fused-ring (bicyclic) bond motifs is 1. The summed E-state index contributed by atoms with van der Waals surface area (Å²) in [7, 11) is 3.36. The lowest BCUT2D eigenvalue weighted by molar-refractivity contribution is 0.383. The standard InChI is InChI=1S/C17H18BrNO2/c1-20-15-10-8-12(17(21-2)16(15)18)14-9-7-11-5-3-4-6-13(11)19-14/h3-6,8,10,14,19H,7,9H2,1-2H3. The van der Waals surface area contributed by atoms with E-state index in [0.717, 1.165) is 34.4 Å². The van der Waals surface area contributed by atoms with E-state index in [2.05, 4.69) is 51.6 Å². The molecule has 0 saturated heterocycles. The highest BCUT2D eigenvalue weighted by molar-refractivity contribution is 9.10. The number of hydrogen-bond acceptors (Lipinski definition) is 3. The lowest BCUT2D eigenvalue weighted by atomic mass is 9.93. The van der Waals surface area contributed by atoms with E-state index in [1.165, 1.54) is 11.3 Å². The summed E-state index contributed by atoms with van der Waals surface area (Å²) in [5.74, 6) is 1.62. The van der Waals surface area contributed by atoms with E-state index in [-0.39, 0.29) is 6.04 Å². The maximum Gasteiger partial charge on any atom is 0.142 e. The van der Waals surface area contributed by atoms with Gasteiger partial charge in [-0.3, -0.25) is 0 Å². The number of hydrogen-bond donors (Lipinski definition) is 1. The summed E-state index contributed by atoms with van der Waals surface area (Å²) in [6.45, 7) is 0. The average molecular weight is 348 g/mol. The fourth-order valence-corrected chi connectivity index (χ4v) is 3.55. The van der Waals surface area contributed by atoms with Crippen molar-refractivity contribution >= 4 is 21.6 Å². The maximum atomic E-state index is 5.59. The van der Waals surface area contributed by atoms with E-state index in [1.54, 1.807) is 14.2 Å². The molecule has 4 heteroatoms. The van der Waals surface area contributed by atoms with E-state index in [1.807, 2.05) is 6.07 Å². The molecule has 2 aromatic rings. The van der Waals surface area contributed by atoms with Crippen LogP contribution in [0.3, 0.4) is 0 Å². The minimum atomic E-state index is 0.247. The number of nitrogens with one attached hydrogen (secondary N) is 1. The Morgan fingerprint density at radius 1 is 1.10 bits per heavy atom. The number of aryl methyl sites for hydroxylation is 1. The largest absolute Gasteiger partial charge is 0.495 e. The first-order valence-electron chi connectivity index (χ1n) is 6.99. The molecular weight excluding hydrogens is 330 g/mol. The Morgan fingerprint density at radius 2 is 1.90 bits per heavy atom. The Bertz CT molecular complexity index is 657. The summed E-state index contributed by atoms with van der Waals surface area (Å²) in [5, 5.41) is 3.61. The summed E-state index contributed by atoms with van der Waals surface area (Å²) >= 11 is 3.57. The molecule has 1 N–H and O–H groups in total. The number of ether oxygens (including phenoxy) is 2. The zero-order chi connectivity index (χ0) is 14.8. The summed E-state index contributed by atoms with van der Waals surface area (Å²) in [6, 6.07) is 12.8. The van der Waals surface area contributed by atoms with E-state index in [0.29, 0.717) is 0 Å². The molecule has 1 heterocycles. The molecule has 0 bridgehead atoms. The zero-order valence-corrected chi connectivity index (χ0v) is 13.7. The summed E-state index contributed by atoms with van der Waals surface area (Å²) in [6.07, 6.45) is 2.12. The molecule has 2 aromatic carbocycles. The van der Waals surface area contributed by atoms with Crippen LogP contribution in [0.2, 0.25) is 0 Å². The van der Waals surface area contributed by atoms with E-state index >= 15 is 0 Å². The molecule has 0 amide bonds. The van der Waals surface area contributed by atoms with Crippen molar-refractivity contribution in [3.05, 3.63) is 52.0 Å². The SMILES string of the molecule is COc1ccc(C2CCc3ccccc3N2)c(OC)c1Br. The predicted molar refractivity (Wildman–Crippen MR) is 88.4 cm³/mol. The van der Waals surface area contributed by atoms with Gasteiger partial charge in [0, 0.05) is 11.3 Å². The van der Waals surface area contributed by atoms with Crippen LogP contribution < -0.4 is 14.8 Å². The molecule has 1 aliphatic rings. The van der Waals surface area contributed by atoms with Crippen LogP contribution in [0.5, 0.6) is 11.5 Å². The first kappa shape index (κ1) is 14.3. The topological polar surface area (TPSA) is 30.5 Å². The third-order valence-electron chi connectivity index (χ3n) is 3.94. The normalized spacial score (nSPS) is 16.8. The highest BCUT2D eigenvalue weighted by atomic mass is 79.9. The molecule has 0 saturated carbocycles. The number of anilines is 1. The van der Waals surface area contributed by atoms with Crippen molar-refractivity contribution in [2.24, 2.45) is 0 Å². The predicted octanol–water partition coefficient (Wildman–Crippen LogP) is 4.57. The van der Waals surface area contributed by atoms with Crippen LogP contribution in [0.25, 0.3) is 0 Å². The zero-order valence-electron chi connectivity index (χ0n) is 12.2. The van der Waals surface area contributed by atoms with Crippen LogP contribution in [0.1, 0.15) is 23.6 Å². The molecule has 21 heavy (non-hydrogen) atoms. The fourth-order valence-electron chi connectivity index (χ4n) is 2.86. The van der Waals surface area contributed by atoms with Gasteiger partial charge in [0.1, 0.15) is 16.0 Å². The Labute approximate surface area is 133 Å². The van der Waals surface area contributed by atoms with Gasteiger partial charge in [-0.15, -0.1) is 0 Å². The van der Waals surface area contributed by atoms with E-state index < -0.39 is 0 Å². The molecule has 3 nitrogen and oxygen atoms in total. The van der Waals surface area contributed by atoms with Gasteiger partial charge in [-0.1, -0.05) is 18.2 Å². The van der Waals surface area contributed by atoms with Crippen molar-refractivity contribution in [1.29, 1.82) is 0 Å². The van der Waals surface area contributed by atoms with Crippen LogP contribution in [-0.4, -0.2) is 14.2 Å². The van der Waals surface area contributed by atoms with Gasteiger partial charge in [0.25, 0.3) is 0 Å². The second kappa shape index (κ2) is 5.98. The Hall–Kier alpha value is -1.68. The summed E-state index contributed by atoms with van der Waals surface area (Å²) < 4.78 is 11.8. The van der Waals surface area contributed by atoms with Gasteiger partial charge in [-0.2, -0.15) is 0 Å².